The summed E-state index contributed by atoms with van der Waals surface area (Å²) in [6.45, 7) is 6.01. The van der Waals surface area contributed by atoms with Crippen molar-refractivity contribution >= 4 is 62.7 Å². The first-order valence-corrected chi connectivity index (χ1v) is 10.5. The van der Waals surface area contributed by atoms with Crippen LogP contribution in [0.1, 0.15) is 31.7 Å². The average Bonchev–Trinajstić information content (AvgIpc) is 3.13. The Morgan fingerprint density at radius 2 is 2.16 bits per heavy atom. The van der Waals surface area contributed by atoms with Crippen LogP contribution >= 0.6 is 34.9 Å². The fourth-order valence-electron chi connectivity index (χ4n) is 2.16. The van der Waals surface area contributed by atoms with Gasteiger partial charge in [0.25, 0.3) is 5.91 Å². The number of nitrogens with one attached hydrogen (secondary N) is 1. The number of thioether (sulfide) groups is 2. The van der Waals surface area contributed by atoms with E-state index in [1.165, 1.54) is 34.9 Å². The van der Waals surface area contributed by atoms with Gasteiger partial charge < -0.3 is 0 Å². The van der Waals surface area contributed by atoms with Crippen molar-refractivity contribution in [3.05, 3.63) is 16.0 Å². The highest BCUT2D eigenvalue weighted by molar-refractivity contribution is 8.17. The largest absolute Gasteiger partial charge is 0.300 e. The van der Waals surface area contributed by atoms with Gasteiger partial charge in [-0.15, -0.1) is 22.0 Å². The average molecular weight is 396 g/mol. The van der Waals surface area contributed by atoms with Gasteiger partial charge in [0.1, 0.15) is 16.8 Å². The lowest BCUT2D eigenvalue weighted by atomic mass is 10.1. The molecule has 3 rings (SSSR count). The molecule has 25 heavy (non-hydrogen) atoms. The van der Waals surface area contributed by atoms with Gasteiger partial charge in [0, 0.05) is 5.92 Å². The van der Waals surface area contributed by atoms with Crippen LogP contribution < -0.4 is 5.32 Å². The quantitative estimate of drug-likeness (QED) is 0.795. The monoisotopic (exact) mass is 395 g/mol. The zero-order valence-corrected chi connectivity index (χ0v) is 16.4. The van der Waals surface area contributed by atoms with Crippen LogP contribution in [0.15, 0.2) is 21.0 Å². The predicted molar refractivity (Wildman–Crippen MR) is 105 cm³/mol. The maximum atomic E-state index is 12.0. The van der Waals surface area contributed by atoms with E-state index in [0.29, 0.717) is 16.7 Å². The highest BCUT2D eigenvalue weighted by Crippen LogP contribution is 2.34. The lowest BCUT2D eigenvalue weighted by Crippen LogP contribution is -2.24. The number of aliphatic imine (C=N–C) groups is 2. The Morgan fingerprint density at radius 1 is 1.36 bits per heavy atom. The van der Waals surface area contributed by atoms with Crippen molar-refractivity contribution in [3.8, 4) is 0 Å². The molecule has 1 atom stereocenters. The van der Waals surface area contributed by atoms with Crippen molar-refractivity contribution in [2.75, 3.05) is 16.8 Å². The van der Waals surface area contributed by atoms with E-state index in [4.69, 9.17) is 0 Å². The third-order valence-electron chi connectivity index (χ3n) is 3.32. The standard InChI is InChI=1S/C15H17N5O2S3/c1-7(2)13-19-20-15(25-13)18-11(21)6-23-5-10-16-12(22)9-4-8(3)24-14(9)17-10/h4,7,9H,5-6H2,1-3H3,(H,18,20,21). The van der Waals surface area contributed by atoms with Crippen molar-refractivity contribution in [3.63, 3.8) is 0 Å². The Bertz CT molecular complexity index is 797. The van der Waals surface area contributed by atoms with Gasteiger partial charge in [-0.2, -0.15) is 4.99 Å². The molecule has 2 amide bonds. The molecule has 7 nitrogen and oxygen atoms in total. The topological polar surface area (TPSA) is 96.7 Å². The Kier molecular flexibility index (Phi) is 5.70. The van der Waals surface area contributed by atoms with Crippen LogP contribution in [0.2, 0.25) is 0 Å². The highest BCUT2D eigenvalue weighted by Gasteiger charge is 2.32. The number of aromatic nitrogens is 2. The van der Waals surface area contributed by atoms with Gasteiger partial charge >= 0.3 is 0 Å². The minimum atomic E-state index is -0.311. The fraction of sp³-hybridized carbons (Fsp3) is 0.467. The van der Waals surface area contributed by atoms with Gasteiger partial charge in [-0.3, -0.25) is 14.9 Å². The summed E-state index contributed by atoms with van der Waals surface area (Å²) in [4.78, 5) is 33.5. The third-order valence-corrected chi connectivity index (χ3v) is 6.40. The molecular weight excluding hydrogens is 378 g/mol. The molecule has 1 N–H and O–H groups in total. The Labute approximate surface area is 157 Å². The molecule has 0 aliphatic carbocycles. The lowest BCUT2D eigenvalue weighted by Gasteiger charge is -2.12. The van der Waals surface area contributed by atoms with Crippen LogP contribution in [-0.2, 0) is 9.59 Å². The van der Waals surface area contributed by atoms with Crippen molar-refractivity contribution < 1.29 is 9.59 Å². The van der Waals surface area contributed by atoms with E-state index in [0.717, 1.165) is 15.0 Å². The minimum absolute atomic E-state index is 0.155. The number of allylic oxidation sites excluding steroid dienone is 1. The molecule has 1 aromatic rings. The molecule has 0 fully saturated rings. The third kappa shape index (κ3) is 4.56. The van der Waals surface area contributed by atoms with Crippen molar-refractivity contribution in [2.45, 2.75) is 26.7 Å². The van der Waals surface area contributed by atoms with Gasteiger partial charge in [0.2, 0.25) is 11.0 Å². The van der Waals surface area contributed by atoms with Gasteiger partial charge in [0.15, 0.2) is 0 Å². The molecular formula is C15H17N5O2S3. The number of amidine groups is 1. The molecule has 1 unspecified atom stereocenters. The minimum Gasteiger partial charge on any atom is -0.300 e. The molecule has 0 saturated carbocycles. The number of rotatable bonds is 6. The van der Waals surface area contributed by atoms with Crippen LogP contribution in [0.3, 0.4) is 0 Å². The molecule has 3 heterocycles. The van der Waals surface area contributed by atoms with E-state index in [1.54, 1.807) is 0 Å². The number of carbonyl (C=O) groups is 2. The van der Waals surface area contributed by atoms with Crippen LogP contribution in [0.25, 0.3) is 0 Å². The maximum absolute atomic E-state index is 12.0. The summed E-state index contributed by atoms with van der Waals surface area (Å²) in [7, 11) is 0. The summed E-state index contributed by atoms with van der Waals surface area (Å²) >= 11 is 4.25. The Balaban J connectivity index is 1.47. The summed E-state index contributed by atoms with van der Waals surface area (Å²) in [5.74, 6) is 0.776. The maximum Gasteiger partial charge on any atom is 0.261 e. The second kappa shape index (κ2) is 7.79. The fourth-order valence-corrected chi connectivity index (χ4v) is 4.57. The molecule has 10 heteroatoms. The van der Waals surface area contributed by atoms with E-state index >= 15 is 0 Å². The predicted octanol–water partition coefficient (Wildman–Crippen LogP) is 2.94. The van der Waals surface area contributed by atoms with E-state index < -0.39 is 0 Å². The molecule has 2 aliphatic rings. The second-order valence-electron chi connectivity index (χ2n) is 5.81. The second-order valence-corrected chi connectivity index (χ2v) is 9.08. The number of amides is 2. The van der Waals surface area contributed by atoms with Crippen molar-refractivity contribution in [2.24, 2.45) is 15.9 Å². The van der Waals surface area contributed by atoms with Gasteiger partial charge in [-0.1, -0.05) is 43.0 Å². The first-order valence-electron chi connectivity index (χ1n) is 7.69. The number of hydrogen-bond donors (Lipinski definition) is 1. The Hall–Kier alpha value is -1.52. The first kappa shape index (κ1) is 18.3. The Morgan fingerprint density at radius 3 is 2.88 bits per heavy atom. The molecule has 0 radical (unpaired) electrons. The van der Waals surface area contributed by atoms with Crippen LogP contribution in [0.5, 0.6) is 0 Å². The normalized spacial score (nSPS) is 19.4. The smallest absolute Gasteiger partial charge is 0.261 e. The van der Waals surface area contributed by atoms with Gasteiger partial charge in [0.05, 0.1) is 16.5 Å². The summed E-state index contributed by atoms with van der Waals surface area (Å²) in [6.07, 6.45) is 1.89. The van der Waals surface area contributed by atoms with Gasteiger partial charge in [-0.25, -0.2) is 4.99 Å². The van der Waals surface area contributed by atoms with E-state index in [-0.39, 0.29) is 29.4 Å². The number of carbonyl (C=O) groups excluding carboxylic acids is 2. The molecule has 132 valence electrons. The zero-order valence-electron chi connectivity index (χ0n) is 14.0. The van der Waals surface area contributed by atoms with Crippen molar-refractivity contribution in [1.29, 1.82) is 0 Å². The molecule has 0 spiro atoms. The number of nitrogens with zero attached hydrogens (tertiary/aromatic N) is 4. The molecule has 0 bridgehead atoms. The molecule has 1 aromatic heterocycles. The van der Waals surface area contributed by atoms with Gasteiger partial charge in [-0.05, 0) is 11.8 Å². The number of anilines is 1. The zero-order chi connectivity index (χ0) is 18.0. The highest BCUT2D eigenvalue weighted by atomic mass is 32.2. The van der Waals surface area contributed by atoms with E-state index in [1.807, 2.05) is 26.8 Å². The van der Waals surface area contributed by atoms with Crippen LogP contribution in [-0.4, -0.2) is 44.4 Å². The molecule has 0 aromatic carbocycles. The summed E-state index contributed by atoms with van der Waals surface area (Å²) in [5.41, 5.74) is 0. The summed E-state index contributed by atoms with van der Waals surface area (Å²) < 4.78 is 0. The first-order chi connectivity index (χ1) is 11.9. The number of hydrogen-bond acceptors (Lipinski definition) is 8. The summed E-state index contributed by atoms with van der Waals surface area (Å²) in [6, 6.07) is 0. The van der Waals surface area contributed by atoms with Crippen LogP contribution in [0.4, 0.5) is 5.13 Å². The van der Waals surface area contributed by atoms with E-state index in [9.17, 15) is 9.59 Å². The summed E-state index contributed by atoms with van der Waals surface area (Å²) in [5, 5.41) is 12.9. The lowest BCUT2D eigenvalue weighted by molar-refractivity contribution is -0.118. The van der Waals surface area contributed by atoms with E-state index in [2.05, 4.69) is 25.5 Å². The molecule has 2 aliphatic heterocycles. The van der Waals surface area contributed by atoms with Crippen LogP contribution in [0, 0.1) is 5.92 Å². The number of fused-ring (bicyclic) bond motifs is 1. The SMILES string of the molecule is CC1=CC2C(=O)N=C(CSCC(=O)Nc3nnc(C(C)C)s3)N=C2S1. The molecule has 0 saturated heterocycles. The van der Waals surface area contributed by atoms with Crippen molar-refractivity contribution in [1.82, 2.24) is 10.2 Å².